The summed E-state index contributed by atoms with van der Waals surface area (Å²) >= 11 is 1.87. The minimum Gasteiger partial charge on any atom is -0.452 e. The number of rotatable bonds is 3. The average Bonchev–Trinajstić information content (AvgIpc) is 3.75. The van der Waals surface area contributed by atoms with E-state index in [1.165, 1.54) is 36.5 Å². The summed E-state index contributed by atoms with van der Waals surface area (Å²) in [4.78, 5) is 4.69. The molecule has 10 aromatic rings. The first-order valence-electron chi connectivity index (χ1n) is 16.9. The molecule has 2 aromatic heterocycles. The molecule has 4 bridgehead atoms. The van der Waals surface area contributed by atoms with Crippen LogP contribution in [0.2, 0.25) is 0 Å². The van der Waals surface area contributed by atoms with Crippen LogP contribution in [0.3, 0.4) is 0 Å². The molecule has 3 nitrogen and oxygen atoms in total. The van der Waals surface area contributed by atoms with E-state index < -0.39 is 0 Å². The van der Waals surface area contributed by atoms with Gasteiger partial charge < -0.3 is 14.2 Å². The van der Waals surface area contributed by atoms with Crippen molar-refractivity contribution in [2.24, 2.45) is 0 Å². The number of furan rings is 1. The normalized spacial score (nSPS) is 12.7. The second-order valence-electron chi connectivity index (χ2n) is 13.0. The van der Waals surface area contributed by atoms with E-state index in [-0.39, 0.29) is 0 Å². The Hall–Kier alpha value is -6.36. The molecule has 0 atom stereocenters. The van der Waals surface area contributed by atoms with Gasteiger partial charge in [0.2, 0.25) is 0 Å². The molecule has 1 aliphatic heterocycles. The monoisotopic (exact) mass is 656 g/mol. The molecule has 8 aromatic carbocycles. The van der Waals surface area contributed by atoms with Gasteiger partial charge in [0.1, 0.15) is 0 Å². The summed E-state index contributed by atoms with van der Waals surface area (Å²) in [6.07, 6.45) is 0. The van der Waals surface area contributed by atoms with Crippen molar-refractivity contribution < 1.29 is 4.42 Å². The van der Waals surface area contributed by atoms with E-state index in [1.54, 1.807) is 0 Å². The second-order valence-corrected chi connectivity index (χ2v) is 14.0. The molecule has 0 saturated carbocycles. The van der Waals surface area contributed by atoms with Crippen molar-refractivity contribution in [3.05, 3.63) is 170 Å². The van der Waals surface area contributed by atoms with E-state index >= 15 is 0 Å². The van der Waals surface area contributed by atoms with Gasteiger partial charge in [-0.25, -0.2) is 0 Å². The molecule has 0 N–H and O–H groups in total. The first-order valence-corrected chi connectivity index (χ1v) is 17.7. The predicted molar refractivity (Wildman–Crippen MR) is 212 cm³/mol. The van der Waals surface area contributed by atoms with Crippen LogP contribution in [0.25, 0.3) is 64.0 Å². The molecule has 0 amide bonds. The second kappa shape index (κ2) is 10.6. The maximum absolute atomic E-state index is 6.93. The highest BCUT2D eigenvalue weighted by Gasteiger charge is 2.26. The van der Waals surface area contributed by atoms with Gasteiger partial charge in [0.25, 0.3) is 0 Å². The number of thiophene rings is 1. The number of hydrogen-bond acceptors (Lipinski definition) is 4. The molecule has 0 unspecified atom stereocenters. The van der Waals surface area contributed by atoms with Crippen molar-refractivity contribution in [1.82, 2.24) is 0 Å². The SMILES string of the molecule is c1ccc(N2c3cc(-c4ccc5sc6ccc7ccccc7c6c5c4)cc(c3)N(c3ccccc3)c3cccc4c3oc3c2cccc34)cc1. The molecule has 4 heteroatoms. The molecule has 234 valence electrons. The lowest BCUT2D eigenvalue weighted by Crippen LogP contribution is -2.14. The maximum atomic E-state index is 6.93. The third kappa shape index (κ3) is 4.03. The van der Waals surface area contributed by atoms with E-state index in [0.29, 0.717) is 0 Å². The Bertz CT molecular complexity index is 2820. The molecule has 0 saturated heterocycles. The standard InChI is InChI=1S/C46H28N2OS/c1-3-12-32(13-4-1)47-34-25-31(30-22-23-42-39(27-30)44-36-16-8-7-11-29(36)21-24-43(44)50-42)26-35(28-34)48(33-14-5-2-6-15-33)41-20-10-18-38-37-17-9-19-40(47)45(37)49-46(38)41/h1-28H. The van der Waals surface area contributed by atoms with Crippen LogP contribution in [-0.4, -0.2) is 0 Å². The van der Waals surface area contributed by atoms with Crippen LogP contribution < -0.4 is 9.80 Å². The number of benzene rings is 8. The summed E-state index contributed by atoms with van der Waals surface area (Å²) in [5.41, 5.74) is 10.4. The van der Waals surface area contributed by atoms with Crippen LogP contribution >= 0.6 is 11.3 Å². The highest BCUT2D eigenvalue weighted by Crippen LogP contribution is 2.50. The molecule has 0 radical (unpaired) electrons. The molecular formula is C46H28N2OS. The van der Waals surface area contributed by atoms with Gasteiger partial charge >= 0.3 is 0 Å². The third-order valence-electron chi connectivity index (χ3n) is 10.1. The smallest absolute Gasteiger partial charge is 0.159 e. The summed E-state index contributed by atoms with van der Waals surface area (Å²) in [5.74, 6) is 0. The van der Waals surface area contributed by atoms with Gasteiger partial charge in [-0.3, -0.25) is 0 Å². The Balaban J connectivity index is 1.25. The molecule has 50 heavy (non-hydrogen) atoms. The fourth-order valence-corrected chi connectivity index (χ4v) is 9.00. The lowest BCUT2D eigenvalue weighted by molar-refractivity contribution is 0.669. The first-order chi connectivity index (χ1) is 24.8. The highest BCUT2D eigenvalue weighted by molar-refractivity contribution is 7.26. The lowest BCUT2D eigenvalue weighted by Gasteiger charge is -2.30. The Morgan fingerprint density at radius 1 is 0.380 bits per heavy atom. The number of nitrogens with zero attached hydrogens (tertiary/aromatic N) is 2. The van der Waals surface area contributed by atoms with Crippen LogP contribution in [-0.2, 0) is 0 Å². The topological polar surface area (TPSA) is 19.6 Å². The molecule has 0 spiro atoms. The maximum Gasteiger partial charge on any atom is 0.159 e. The Morgan fingerprint density at radius 3 is 1.62 bits per heavy atom. The minimum atomic E-state index is 0.874. The fraction of sp³-hybridized carbons (Fsp3) is 0. The van der Waals surface area contributed by atoms with Crippen molar-refractivity contribution in [3.63, 3.8) is 0 Å². The van der Waals surface area contributed by atoms with E-state index in [2.05, 4.69) is 180 Å². The van der Waals surface area contributed by atoms with Crippen LogP contribution in [0, 0.1) is 0 Å². The molecule has 3 heterocycles. The lowest BCUT2D eigenvalue weighted by atomic mass is 9.98. The zero-order valence-electron chi connectivity index (χ0n) is 26.9. The first kappa shape index (κ1) is 27.6. The number of anilines is 6. The largest absolute Gasteiger partial charge is 0.452 e. The van der Waals surface area contributed by atoms with Crippen molar-refractivity contribution >= 4 is 98.3 Å². The number of hydrogen-bond donors (Lipinski definition) is 0. The van der Waals surface area contributed by atoms with Crippen molar-refractivity contribution in [2.75, 3.05) is 9.80 Å². The van der Waals surface area contributed by atoms with Crippen LogP contribution in [0.1, 0.15) is 0 Å². The van der Waals surface area contributed by atoms with Crippen LogP contribution in [0.5, 0.6) is 0 Å². The molecular weight excluding hydrogens is 629 g/mol. The summed E-state index contributed by atoms with van der Waals surface area (Å²) in [6.45, 7) is 0. The summed E-state index contributed by atoms with van der Waals surface area (Å²) in [7, 11) is 0. The minimum absolute atomic E-state index is 0.874. The van der Waals surface area contributed by atoms with Gasteiger partial charge in [-0.15, -0.1) is 11.3 Å². The third-order valence-corrected chi connectivity index (χ3v) is 11.2. The van der Waals surface area contributed by atoms with Gasteiger partial charge in [0, 0.05) is 53.7 Å². The fourth-order valence-electron chi connectivity index (χ4n) is 7.90. The quantitative estimate of drug-likeness (QED) is 0.189. The molecule has 0 aliphatic carbocycles. The molecule has 1 aliphatic rings. The highest BCUT2D eigenvalue weighted by atomic mass is 32.1. The van der Waals surface area contributed by atoms with E-state index in [9.17, 15) is 0 Å². The van der Waals surface area contributed by atoms with Gasteiger partial charge in [-0.2, -0.15) is 0 Å². The van der Waals surface area contributed by atoms with Crippen molar-refractivity contribution in [1.29, 1.82) is 0 Å². The Kier molecular flexibility index (Phi) is 5.83. The Labute approximate surface area is 292 Å². The summed E-state index contributed by atoms with van der Waals surface area (Å²) in [5, 5.41) is 7.40. The predicted octanol–water partition coefficient (Wildman–Crippen LogP) is 14.0. The van der Waals surface area contributed by atoms with Crippen molar-refractivity contribution in [3.8, 4) is 11.1 Å². The zero-order valence-corrected chi connectivity index (χ0v) is 27.7. The van der Waals surface area contributed by atoms with Crippen LogP contribution in [0.15, 0.2) is 174 Å². The number of para-hydroxylation sites is 4. The molecule has 11 rings (SSSR count). The van der Waals surface area contributed by atoms with E-state index in [4.69, 9.17) is 4.42 Å². The molecule has 0 fully saturated rings. The van der Waals surface area contributed by atoms with E-state index in [1.807, 2.05) is 11.3 Å². The van der Waals surface area contributed by atoms with Gasteiger partial charge in [0.15, 0.2) is 11.2 Å². The summed E-state index contributed by atoms with van der Waals surface area (Å²) < 4.78 is 9.55. The Morgan fingerprint density at radius 2 is 0.960 bits per heavy atom. The zero-order chi connectivity index (χ0) is 32.8. The summed E-state index contributed by atoms with van der Waals surface area (Å²) in [6, 6.07) is 61.5. The van der Waals surface area contributed by atoms with Gasteiger partial charge in [0.05, 0.1) is 11.4 Å². The number of fused-ring (bicyclic) bond motifs is 8. The average molecular weight is 657 g/mol. The van der Waals surface area contributed by atoms with Crippen LogP contribution in [0.4, 0.5) is 34.1 Å². The van der Waals surface area contributed by atoms with Gasteiger partial charge in [-0.05, 0) is 94.7 Å². The van der Waals surface area contributed by atoms with E-state index in [0.717, 1.165) is 61.6 Å². The van der Waals surface area contributed by atoms with Gasteiger partial charge in [-0.1, -0.05) is 97.1 Å². The van der Waals surface area contributed by atoms with Crippen molar-refractivity contribution in [2.45, 2.75) is 0 Å².